The fraction of sp³-hybridized carbons (Fsp3) is 0.286. The molecule has 1 aliphatic heterocycles. The van der Waals surface area contributed by atoms with Crippen LogP contribution in [0.5, 0.6) is 17.2 Å². The van der Waals surface area contributed by atoms with Crippen molar-refractivity contribution >= 4 is 23.5 Å². The summed E-state index contributed by atoms with van der Waals surface area (Å²) in [6, 6.07) is 17.1. The van der Waals surface area contributed by atoms with Gasteiger partial charge in [-0.1, -0.05) is 17.7 Å². The first-order valence-corrected chi connectivity index (χ1v) is 12.0. The average molecular weight is 510 g/mol. The molecular weight excluding hydrogens is 482 g/mol. The second kappa shape index (κ2) is 11.4. The Kier molecular flexibility index (Phi) is 8.00. The fourth-order valence-electron chi connectivity index (χ4n) is 4.32. The SMILES string of the molecule is CCOC(=O)c1ccc(OCC2c3cc(OC)c(OC)cc3CCN2C(=O)c2cccc(Cl)c2)cc1. The number of amides is 1. The van der Waals surface area contributed by atoms with Gasteiger partial charge in [0.05, 0.1) is 32.4 Å². The summed E-state index contributed by atoms with van der Waals surface area (Å²) >= 11 is 6.16. The summed E-state index contributed by atoms with van der Waals surface area (Å²) in [5, 5.41) is 0.499. The van der Waals surface area contributed by atoms with Crippen LogP contribution in [0.1, 0.15) is 44.8 Å². The van der Waals surface area contributed by atoms with Gasteiger partial charge in [-0.25, -0.2) is 4.79 Å². The minimum Gasteiger partial charge on any atom is -0.493 e. The molecule has 0 N–H and O–H groups in total. The second-order valence-electron chi connectivity index (χ2n) is 8.24. The zero-order chi connectivity index (χ0) is 25.7. The van der Waals surface area contributed by atoms with Crippen LogP contribution in [0.2, 0.25) is 5.02 Å². The first-order valence-electron chi connectivity index (χ1n) is 11.7. The van der Waals surface area contributed by atoms with Crippen molar-refractivity contribution < 1.29 is 28.5 Å². The Morgan fingerprint density at radius 1 is 0.972 bits per heavy atom. The van der Waals surface area contributed by atoms with E-state index in [9.17, 15) is 9.59 Å². The molecule has 0 saturated carbocycles. The maximum absolute atomic E-state index is 13.5. The fourth-order valence-corrected chi connectivity index (χ4v) is 4.51. The van der Waals surface area contributed by atoms with Crippen LogP contribution in [0.3, 0.4) is 0 Å². The molecule has 36 heavy (non-hydrogen) atoms. The molecule has 0 radical (unpaired) electrons. The van der Waals surface area contributed by atoms with Gasteiger partial charge >= 0.3 is 5.97 Å². The van der Waals surface area contributed by atoms with Crippen molar-refractivity contribution in [3.05, 3.63) is 87.9 Å². The van der Waals surface area contributed by atoms with Crippen LogP contribution in [0.4, 0.5) is 0 Å². The Hall–Kier alpha value is -3.71. The third-order valence-electron chi connectivity index (χ3n) is 6.11. The number of esters is 1. The Labute approximate surface area is 215 Å². The third-order valence-corrected chi connectivity index (χ3v) is 6.34. The molecule has 1 unspecified atom stereocenters. The van der Waals surface area contributed by atoms with Gasteiger partial charge in [0.1, 0.15) is 12.4 Å². The lowest BCUT2D eigenvalue weighted by Gasteiger charge is -2.37. The number of nitrogens with zero attached hydrogens (tertiary/aromatic N) is 1. The first-order chi connectivity index (χ1) is 17.4. The molecule has 0 aliphatic carbocycles. The lowest BCUT2D eigenvalue weighted by atomic mass is 9.91. The predicted molar refractivity (Wildman–Crippen MR) is 136 cm³/mol. The van der Waals surface area contributed by atoms with Crippen LogP contribution in [0, 0.1) is 0 Å². The Balaban J connectivity index is 1.64. The zero-order valence-corrected chi connectivity index (χ0v) is 21.2. The van der Waals surface area contributed by atoms with Crippen LogP contribution in [-0.4, -0.2) is 50.8 Å². The summed E-state index contributed by atoms with van der Waals surface area (Å²) in [7, 11) is 3.18. The lowest BCUT2D eigenvalue weighted by Crippen LogP contribution is -2.42. The number of fused-ring (bicyclic) bond motifs is 1. The summed E-state index contributed by atoms with van der Waals surface area (Å²) < 4.78 is 22.2. The number of hydrogen-bond acceptors (Lipinski definition) is 6. The molecule has 1 amide bonds. The average Bonchev–Trinajstić information content (AvgIpc) is 2.90. The molecule has 8 heteroatoms. The van der Waals surface area contributed by atoms with Crippen LogP contribution >= 0.6 is 11.6 Å². The second-order valence-corrected chi connectivity index (χ2v) is 8.67. The number of halogens is 1. The molecule has 1 aliphatic rings. The minimum absolute atomic E-state index is 0.135. The van der Waals surface area contributed by atoms with E-state index in [4.69, 9.17) is 30.5 Å². The number of carbonyl (C=O) groups is 2. The van der Waals surface area contributed by atoms with Gasteiger partial charge < -0.3 is 23.8 Å². The van der Waals surface area contributed by atoms with Gasteiger partial charge in [0, 0.05) is 17.1 Å². The normalized spacial score (nSPS) is 14.6. The van der Waals surface area contributed by atoms with Crippen molar-refractivity contribution in [2.45, 2.75) is 19.4 Å². The van der Waals surface area contributed by atoms with Crippen LogP contribution in [0.15, 0.2) is 60.7 Å². The third kappa shape index (κ3) is 5.41. The van der Waals surface area contributed by atoms with Crippen molar-refractivity contribution in [1.29, 1.82) is 0 Å². The van der Waals surface area contributed by atoms with Gasteiger partial charge in [0.15, 0.2) is 11.5 Å². The number of rotatable bonds is 8. The molecule has 3 aromatic rings. The van der Waals surface area contributed by atoms with Gasteiger partial charge in [-0.3, -0.25) is 4.79 Å². The number of hydrogen-bond donors (Lipinski definition) is 0. The highest BCUT2D eigenvalue weighted by Gasteiger charge is 2.33. The van der Waals surface area contributed by atoms with E-state index in [1.165, 1.54) is 0 Å². The molecule has 0 bridgehead atoms. The van der Waals surface area contributed by atoms with Gasteiger partial charge in [0.2, 0.25) is 0 Å². The van der Waals surface area contributed by atoms with E-state index < -0.39 is 0 Å². The first kappa shape index (κ1) is 25.4. The minimum atomic E-state index is -0.385. The molecule has 0 spiro atoms. The van der Waals surface area contributed by atoms with Crippen molar-refractivity contribution in [2.24, 2.45) is 0 Å². The maximum Gasteiger partial charge on any atom is 0.338 e. The van der Waals surface area contributed by atoms with E-state index in [0.29, 0.717) is 53.0 Å². The van der Waals surface area contributed by atoms with Crippen LogP contribution < -0.4 is 14.2 Å². The molecule has 4 rings (SSSR count). The quantitative estimate of drug-likeness (QED) is 0.381. The standard InChI is InChI=1S/C28H28ClNO6/c1-4-35-28(32)18-8-10-22(11-9-18)36-17-24-23-16-26(34-3)25(33-2)15-19(23)12-13-30(24)27(31)20-6-5-7-21(29)14-20/h5-11,14-16,24H,4,12-13,17H2,1-3H3. The zero-order valence-electron chi connectivity index (χ0n) is 20.5. The van der Waals surface area contributed by atoms with Crippen molar-refractivity contribution in [2.75, 3.05) is 34.0 Å². The van der Waals surface area contributed by atoms with Crippen molar-refractivity contribution in [3.8, 4) is 17.2 Å². The lowest BCUT2D eigenvalue weighted by molar-refractivity contribution is 0.0524. The summed E-state index contributed by atoms with van der Waals surface area (Å²) in [6.07, 6.45) is 0.659. The monoisotopic (exact) mass is 509 g/mol. The van der Waals surface area contributed by atoms with Gasteiger partial charge in [0.25, 0.3) is 5.91 Å². The van der Waals surface area contributed by atoms with E-state index in [2.05, 4.69) is 0 Å². The molecule has 0 aromatic heterocycles. The number of benzene rings is 3. The van der Waals surface area contributed by atoms with E-state index in [1.807, 2.05) is 12.1 Å². The Bertz CT molecular complexity index is 1240. The van der Waals surface area contributed by atoms with Crippen LogP contribution in [-0.2, 0) is 11.2 Å². The highest BCUT2D eigenvalue weighted by molar-refractivity contribution is 6.30. The number of carbonyl (C=O) groups excluding carboxylic acids is 2. The molecule has 0 fully saturated rings. The predicted octanol–water partition coefficient (Wildman–Crippen LogP) is 5.35. The molecular formula is C28H28ClNO6. The summed E-state index contributed by atoms with van der Waals surface area (Å²) in [5.74, 6) is 1.27. The van der Waals surface area contributed by atoms with Gasteiger partial charge in [-0.15, -0.1) is 0 Å². The Morgan fingerprint density at radius 2 is 1.69 bits per heavy atom. The number of methoxy groups -OCH3 is 2. The molecule has 1 atom stereocenters. The largest absolute Gasteiger partial charge is 0.493 e. The topological polar surface area (TPSA) is 74.3 Å². The van der Waals surface area contributed by atoms with E-state index >= 15 is 0 Å². The van der Waals surface area contributed by atoms with Crippen molar-refractivity contribution in [1.82, 2.24) is 4.90 Å². The van der Waals surface area contributed by atoms with E-state index in [1.54, 1.807) is 74.6 Å². The van der Waals surface area contributed by atoms with E-state index in [-0.39, 0.29) is 24.5 Å². The molecule has 188 valence electrons. The smallest absolute Gasteiger partial charge is 0.338 e. The summed E-state index contributed by atoms with van der Waals surface area (Å²) in [4.78, 5) is 27.3. The summed E-state index contributed by atoms with van der Waals surface area (Å²) in [5.41, 5.74) is 2.95. The van der Waals surface area contributed by atoms with Gasteiger partial charge in [-0.05, 0) is 79.1 Å². The van der Waals surface area contributed by atoms with Crippen molar-refractivity contribution in [3.63, 3.8) is 0 Å². The van der Waals surface area contributed by atoms with Gasteiger partial charge in [-0.2, -0.15) is 0 Å². The maximum atomic E-state index is 13.5. The number of ether oxygens (including phenoxy) is 4. The molecule has 7 nitrogen and oxygen atoms in total. The van der Waals surface area contributed by atoms with E-state index in [0.717, 1.165) is 11.1 Å². The molecule has 3 aromatic carbocycles. The highest BCUT2D eigenvalue weighted by atomic mass is 35.5. The Morgan fingerprint density at radius 3 is 2.36 bits per heavy atom. The molecule has 0 saturated heterocycles. The van der Waals surface area contributed by atoms with Crippen LogP contribution in [0.25, 0.3) is 0 Å². The summed E-state index contributed by atoms with van der Waals surface area (Å²) in [6.45, 7) is 2.78. The highest BCUT2D eigenvalue weighted by Crippen LogP contribution is 2.39. The molecule has 1 heterocycles.